The molecule has 1 N–H and O–H groups in total. The Morgan fingerprint density at radius 3 is 1.82 bits per heavy atom. The molecule has 4 heteroatoms. The van der Waals surface area contributed by atoms with Crippen molar-refractivity contribution >= 4 is 10.1 Å². The minimum Gasteiger partial charge on any atom is -0.285 e. The standard InChI is InChI=1S/C7H16O3S/c1-6(11(8,9)10)5-7(2,3)4/h6H,5H2,1-4H3,(H,8,9,10). The van der Waals surface area contributed by atoms with Gasteiger partial charge in [-0.05, 0) is 18.8 Å². The third-order valence-electron chi connectivity index (χ3n) is 1.41. The van der Waals surface area contributed by atoms with Gasteiger partial charge in [-0.15, -0.1) is 0 Å². The zero-order chi connectivity index (χ0) is 9.28. The molecule has 1 unspecified atom stereocenters. The van der Waals surface area contributed by atoms with Gasteiger partial charge in [0.2, 0.25) is 0 Å². The maximum atomic E-state index is 10.6. The van der Waals surface area contributed by atoms with Gasteiger partial charge in [-0.25, -0.2) is 0 Å². The summed E-state index contributed by atoms with van der Waals surface area (Å²) >= 11 is 0. The van der Waals surface area contributed by atoms with Crippen LogP contribution in [0.15, 0.2) is 0 Å². The molecule has 0 saturated carbocycles. The highest BCUT2D eigenvalue weighted by atomic mass is 32.2. The zero-order valence-electron chi connectivity index (χ0n) is 7.46. The van der Waals surface area contributed by atoms with E-state index in [-0.39, 0.29) is 5.41 Å². The van der Waals surface area contributed by atoms with E-state index in [2.05, 4.69) is 0 Å². The molecule has 0 bridgehead atoms. The number of rotatable bonds is 2. The predicted molar refractivity (Wildman–Crippen MR) is 45.1 cm³/mol. The van der Waals surface area contributed by atoms with Gasteiger partial charge in [-0.2, -0.15) is 8.42 Å². The number of hydrogen-bond acceptors (Lipinski definition) is 2. The predicted octanol–water partition coefficient (Wildman–Crippen LogP) is 1.70. The van der Waals surface area contributed by atoms with E-state index in [1.54, 1.807) is 0 Å². The summed E-state index contributed by atoms with van der Waals surface area (Å²) in [5, 5.41) is -0.664. The second-order valence-corrected chi connectivity index (χ2v) is 5.93. The van der Waals surface area contributed by atoms with Crippen molar-refractivity contribution in [2.24, 2.45) is 5.41 Å². The summed E-state index contributed by atoms with van der Waals surface area (Å²) in [7, 11) is -3.84. The topological polar surface area (TPSA) is 54.4 Å². The first-order valence-electron chi connectivity index (χ1n) is 3.59. The van der Waals surface area contributed by atoms with Gasteiger partial charge in [0.15, 0.2) is 0 Å². The number of hydrogen-bond donors (Lipinski definition) is 1. The highest BCUT2D eigenvalue weighted by molar-refractivity contribution is 7.86. The quantitative estimate of drug-likeness (QED) is 0.658. The Balaban J connectivity index is 4.22. The van der Waals surface area contributed by atoms with Crippen LogP contribution in [-0.4, -0.2) is 18.2 Å². The highest BCUT2D eigenvalue weighted by Gasteiger charge is 2.23. The van der Waals surface area contributed by atoms with Crippen molar-refractivity contribution < 1.29 is 13.0 Å². The Morgan fingerprint density at radius 1 is 1.36 bits per heavy atom. The van der Waals surface area contributed by atoms with Crippen LogP contribution in [0.5, 0.6) is 0 Å². The molecular formula is C7H16O3S. The van der Waals surface area contributed by atoms with Crippen LogP contribution >= 0.6 is 0 Å². The lowest BCUT2D eigenvalue weighted by Gasteiger charge is -2.20. The second-order valence-electron chi connectivity index (χ2n) is 4.09. The van der Waals surface area contributed by atoms with E-state index in [1.165, 1.54) is 6.92 Å². The molecule has 0 aromatic carbocycles. The van der Waals surface area contributed by atoms with Crippen molar-refractivity contribution in [3.8, 4) is 0 Å². The van der Waals surface area contributed by atoms with E-state index in [0.29, 0.717) is 6.42 Å². The lowest BCUT2D eigenvalue weighted by molar-refractivity contribution is 0.359. The van der Waals surface area contributed by atoms with Crippen LogP contribution in [0.2, 0.25) is 0 Å². The van der Waals surface area contributed by atoms with Crippen LogP contribution in [0.25, 0.3) is 0 Å². The van der Waals surface area contributed by atoms with Crippen LogP contribution in [-0.2, 0) is 10.1 Å². The third kappa shape index (κ3) is 5.21. The van der Waals surface area contributed by atoms with Gasteiger partial charge in [0.1, 0.15) is 0 Å². The van der Waals surface area contributed by atoms with E-state index in [0.717, 1.165) is 0 Å². The summed E-state index contributed by atoms with van der Waals surface area (Å²) in [6.07, 6.45) is 0.478. The van der Waals surface area contributed by atoms with Crippen molar-refractivity contribution in [1.82, 2.24) is 0 Å². The molecule has 0 aliphatic rings. The first-order chi connectivity index (χ1) is 4.63. The van der Waals surface area contributed by atoms with Crippen molar-refractivity contribution in [3.63, 3.8) is 0 Å². The van der Waals surface area contributed by atoms with E-state index < -0.39 is 15.4 Å². The summed E-state index contributed by atoms with van der Waals surface area (Å²) in [5.41, 5.74) is -0.0603. The molecule has 0 amide bonds. The van der Waals surface area contributed by atoms with Gasteiger partial charge in [0, 0.05) is 0 Å². The smallest absolute Gasteiger partial charge is 0.267 e. The van der Waals surface area contributed by atoms with Gasteiger partial charge in [0.05, 0.1) is 5.25 Å². The molecular weight excluding hydrogens is 164 g/mol. The Hall–Kier alpha value is -0.0900. The van der Waals surface area contributed by atoms with Gasteiger partial charge < -0.3 is 0 Å². The fraction of sp³-hybridized carbons (Fsp3) is 1.00. The SMILES string of the molecule is CC(CC(C)(C)C)S(=O)(=O)O. The van der Waals surface area contributed by atoms with Gasteiger partial charge in [-0.3, -0.25) is 4.55 Å². The Labute approximate surface area is 68.6 Å². The summed E-state index contributed by atoms with van der Waals surface area (Å²) in [4.78, 5) is 0. The molecule has 0 rings (SSSR count). The highest BCUT2D eigenvalue weighted by Crippen LogP contribution is 2.23. The summed E-state index contributed by atoms with van der Waals surface area (Å²) in [5.74, 6) is 0. The first kappa shape index (κ1) is 10.9. The van der Waals surface area contributed by atoms with E-state index in [4.69, 9.17) is 4.55 Å². The van der Waals surface area contributed by atoms with Gasteiger partial charge in [-0.1, -0.05) is 20.8 Å². The van der Waals surface area contributed by atoms with Crippen molar-refractivity contribution in [1.29, 1.82) is 0 Å². The Kier molecular flexibility index (Phi) is 3.08. The van der Waals surface area contributed by atoms with Gasteiger partial charge in [0.25, 0.3) is 10.1 Å². The van der Waals surface area contributed by atoms with E-state index in [9.17, 15) is 8.42 Å². The minimum absolute atomic E-state index is 0.0603. The first-order valence-corrected chi connectivity index (χ1v) is 5.09. The Bertz CT molecular complexity index is 210. The monoisotopic (exact) mass is 180 g/mol. The maximum Gasteiger partial charge on any atom is 0.267 e. The van der Waals surface area contributed by atoms with Crippen molar-refractivity contribution in [2.75, 3.05) is 0 Å². The molecule has 0 radical (unpaired) electrons. The maximum absolute atomic E-state index is 10.6. The molecule has 0 saturated heterocycles. The van der Waals surface area contributed by atoms with E-state index in [1.807, 2.05) is 20.8 Å². The normalized spacial score (nSPS) is 16.5. The minimum atomic E-state index is -3.84. The average molecular weight is 180 g/mol. The molecule has 68 valence electrons. The summed E-state index contributed by atoms with van der Waals surface area (Å²) < 4.78 is 29.8. The largest absolute Gasteiger partial charge is 0.285 e. The second kappa shape index (κ2) is 3.11. The molecule has 1 atom stereocenters. The van der Waals surface area contributed by atoms with Crippen LogP contribution in [0.1, 0.15) is 34.1 Å². The summed E-state index contributed by atoms with van der Waals surface area (Å²) in [6, 6.07) is 0. The fourth-order valence-electron chi connectivity index (χ4n) is 0.968. The molecule has 0 fully saturated rings. The van der Waals surface area contributed by atoms with Crippen molar-refractivity contribution in [2.45, 2.75) is 39.4 Å². The van der Waals surface area contributed by atoms with Crippen molar-refractivity contribution in [3.05, 3.63) is 0 Å². The lowest BCUT2D eigenvalue weighted by Crippen LogP contribution is -2.23. The van der Waals surface area contributed by atoms with Crippen LogP contribution < -0.4 is 0 Å². The van der Waals surface area contributed by atoms with Crippen LogP contribution in [0.3, 0.4) is 0 Å². The average Bonchev–Trinajstić information content (AvgIpc) is 1.56. The zero-order valence-corrected chi connectivity index (χ0v) is 8.27. The van der Waals surface area contributed by atoms with Crippen LogP contribution in [0, 0.1) is 5.41 Å². The molecule has 0 aromatic rings. The molecule has 0 spiro atoms. The third-order valence-corrected chi connectivity index (χ3v) is 2.59. The molecule has 0 aliphatic heterocycles. The Morgan fingerprint density at radius 2 is 1.73 bits per heavy atom. The molecule has 0 heterocycles. The fourth-order valence-corrected chi connectivity index (χ4v) is 1.68. The van der Waals surface area contributed by atoms with Gasteiger partial charge >= 0.3 is 0 Å². The lowest BCUT2D eigenvalue weighted by atomic mass is 9.91. The van der Waals surface area contributed by atoms with Crippen LogP contribution in [0.4, 0.5) is 0 Å². The van der Waals surface area contributed by atoms with E-state index >= 15 is 0 Å². The molecule has 11 heavy (non-hydrogen) atoms. The molecule has 3 nitrogen and oxygen atoms in total. The molecule has 0 aromatic heterocycles. The summed E-state index contributed by atoms with van der Waals surface area (Å²) in [6.45, 7) is 7.33. The molecule has 0 aliphatic carbocycles.